The molecule has 2 atom stereocenters. The molecule has 0 saturated carbocycles. The molecule has 0 amide bonds. The molecule has 9 heteroatoms. The average molecular weight is 539 g/mol. The third kappa shape index (κ3) is 4.63. The number of nitrogens with zero attached hydrogens (tertiary/aromatic N) is 6. The van der Waals surface area contributed by atoms with Gasteiger partial charge in [0.15, 0.2) is 11.6 Å². The number of halogens is 1. The van der Waals surface area contributed by atoms with Gasteiger partial charge in [-0.15, -0.1) is 0 Å². The summed E-state index contributed by atoms with van der Waals surface area (Å²) in [6.45, 7) is 8.41. The standard InChI is InChI=1S/C15H15ClN4.C15H16N4/c1-9-6-10(2-4-17-9)14-12(16)7-13-15(19-14)18-11-3-5-20(13)8-11;1-10-6-11(8-16-7-10)13-2-3-14-15(18-13)17-12-4-5-19(14)9-12/h2,4,6-7,11H,3,5,8H2,1H3,(H,18,19);2-3,6-8,12H,4-5,9H2,1H3,(H,17,18)/t11-;12-/m00/s1. The molecule has 2 fully saturated rings. The highest BCUT2D eigenvalue weighted by atomic mass is 35.5. The molecule has 4 bridgehead atoms. The van der Waals surface area contributed by atoms with E-state index in [1.165, 1.54) is 12.1 Å². The van der Waals surface area contributed by atoms with Crippen molar-refractivity contribution < 1.29 is 0 Å². The lowest BCUT2D eigenvalue weighted by atomic mass is 10.1. The van der Waals surface area contributed by atoms with E-state index in [1.54, 1.807) is 6.20 Å². The van der Waals surface area contributed by atoms with E-state index in [4.69, 9.17) is 21.6 Å². The Kier molecular flexibility index (Phi) is 6.00. The zero-order valence-electron chi connectivity index (χ0n) is 22.2. The Hall–Kier alpha value is -3.91. The zero-order valence-corrected chi connectivity index (χ0v) is 22.9. The molecule has 0 aliphatic carbocycles. The first kappa shape index (κ1) is 24.2. The lowest BCUT2D eigenvalue weighted by Crippen LogP contribution is -2.32. The summed E-state index contributed by atoms with van der Waals surface area (Å²) in [7, 11) is 0. The van der Waals surface area contributed by atoms with E-state index in [9.17, 15) is 0 Å². The minimum Gasteiger partial charge on any atom is -0.366 e. The first-order valence-corrected chi connectivity index (χ1v) is 14.0. The molecule has 0 spiro atoms. The van der Waals surface area contributed by atoms with Crippen molar-refractivity contribution in [2.45, 2.75) is 38.8 Å². The van der Waals surface area contributed by atoms with Crippen LogP contribution < -0.4 is 20.4 Å². The van der Waals surface area contributed by atoms with E-state index < -0.39 is 0 Å². The minimum absolute atomic E-state index is 0.517. The maximum absolute atomic E-state index is 6.45. The molecule has 39 heavy (non-hydrogen) atoms. The molecule has 8 rings (SSSR count). The molecule has 0 aromatic carbocycles. The monoisotopic (exact) mass is 538 g/mol. The molecule has 8 heterocycles. The summed E-state index contributed by atoms with van der Waals surface area (Å²) in [6, 6.07) is 13.5. The second-order valence-corrected chi connectivity index (χ2v) is 11.2. The lowest BCUT2D eigenvalue weighted by molar-refractivity contribution is 0.788. The van der Waals surface area contributed by atoms with E-state index >= 15 is 0 Å². The van der Waals surface area contributed by atoms with Gasteiger partial charge in [-0.25, -0.2) is 9.97 Å². The van der Waals surface area contributed by atoms with Crippen LogP contribution in [0.15, 0.2) is 55.0 Å². The lowest BCUT2D eigenvalue weighted by Gasteiger charge is -2.28. The van der Waals surface area contributed by atoms with Crippen LogP contribution in [0.25, 0.3) is 22.5 Å². The summed E-state index contributed by atoms with van der Waals surface area (Å²) in [4.78, 5) is 22.8. The van der Waals surface area contributed by atoms with Crippen molar-refractivity contribution >= 4 is 34.6 Å². The Labute approximate surface area is 233 Å². The molecule has 8 nitrogen and oxygen atoms in total. The van der Waals surface area contributed by atoms with Crippen molar-refractivity contribution in [1.29, 1.82) is 0 Å². The number of hydrogen-bond acceptors (Lipinski definition) is 8. The van der Waals surface area contributed by atoms with Crippen LogP contribution in [-0.2, 0) is 0 Å². The quantitative estimate of drug-likeness (QED) is 0.343. The summed E-state index contributed by atoms with van der Waals surface area (Å²) in [6.07, 6.45) is 7.91. The molecule has 4 aliphatic heterocycles. The van der Waals surface area contributed by atoms with Gasteiger partial charge in [-0.2, -0.15) is 0 Å². The van der Waals surface area contributed by atoms with Gasteiger partial charge in [-0.1, -0.05) is 11.6 Å². The van der Waals surface area contributed by atoms with Gasteiger partial charge in [-0.05, 0) is 68.7 Å². The van der Waals surface area contributed by atoms with Gasteiger partial charge in [0.25, 0.3) is 0 Å². The fourth-order valence-corrected chi connectivity index (χ4v) is 6.23. The van der Waals surface area contributed by atoms with E-state index in [0.29, 0.717) is 17.1 Å². The molecule has 0 radical (unpaired) electrons. The normalized spacial score (nSPS) is 19.9. The molecular formula is C30H31ClN8. The highest BCUT2D eigenvalue weighted by molar-refractivity contribution is 6.33. The summed E-state index contributed by atoms with van der Waals surface area (Å²) >= 11 is 6.45. The Morgan fingerprint density at radius 2 is 1.56 bits per heavy atom. The fourth-order valence-electron chi connectivity index (χ4n) is 5.97. The molecule has 4 aromatic heterocycles. The second-order valence-electron chi connectivity index (χ2n) is 10.8. The van der Waals surface area contributed by atoms with Crippen molar-refractivity contribution in [2.75, 3.05) is 46.6 Å². The molecule has 2 N–H and O–H groups in total. The molecule has 4 aliphatic rings. The van der Waals surface area contributed by atoms with Crippen molar-refractivity contribution in [1.82, 2.24) is 19.9 Å². The van der Waals surface area contributed by atoms with E-state index in [-0.39, 0.29) is 0 Å². The summed E-state index contributed by atoms with van der Waals surface area (Å²) in [5, 5.41) is 7.75. The number of aromatic nitrogens is 4. The van der Waals surface area contributed by atoms with Crippen LogP contribution in [0.4, 0.5) is 23.0 Å². The Morgan fingerprint density at radius 3 is 2.31 bits per heavy atom. The minimum atomic E-state index is 0.517. The van der Waals surface area contributed by atoms with Crippen molar-refractivity contribution in [3.05, 3.63) is 71.3 Å². The highest BCUT2D eigenvalue weighted by Crippen LogP contribution is 2.39. The van der Waals surface area contributed by atoms with Crippen LogP contribution in [-0.4, -0.2) is 58.2 Å². The van der Waals surface area contributed by atoms with Gasteiger partial charge in [0.2, 0.25) is 0 Å². The summed E-state index contributed by atoms with van der Waals surface area (Å²) in [5.41, 5.74) is 8.40. The van der Waals surface area contributed by atoms with Crippen LogP contribution in [0.3, 0.4) is 0 Å². The summed E-state index contributed by atoms with van der Waals surface area (Å²) in [5.74, 6) is 1.97. The molecule has 4 aromatic rings. The molecule has 2 saturated heterocycles. The van der Waals surface area contributed by atoms with Gasteiger partial charge >= 0.3 is 0 Å². The Bertz CT molecular complexity index is 1560. The van der Waals surface area contributed by atoms with Gasteiger partial charge in [0, 0.05) is 73.7 Å². The maximum Gasteiger partial charge on any atom is 0.150 e. The van der Waals surface area contributed by atoms with Crippen molar-refractivity contribution in [2.24, 2.45) is 0 Å². The van der Waals surface area contributed by atoms with E-state index in [1.807, 2.05) is 37.5 Å². The predicted octanol–water partition coefficient (Wildman–Crippen LogP) is 5.57. The van der Waals surface area contributed by atoms with Gasteiger partial charge in [0.05, 0.1) is 27.8 Å². The van der Waals surface area contributed by atoms with Crippen molar-refractivity contribution in [3.63, 3.8) is 0 Å². The fraction of sp³-hybridized carbons (Fsp3) is 0.333. The highest BCUT2D eigenvalue weighted by Gasteiger charge is 2.32. The third-order valence-corrected chi connectivity index (χ3v) is 8.20. The topological polar surface area (TPSA) is 82.1 Å². The third-order valence-electron chi connectivity index (χ3n) is 7.91. The Balaban J connectivity index is 0.000000130. The Morgan fingerprint density at radius 1 is 0.821 bits per heavy atom. The van der Waals surface area contributed by atoms with Gasteiger partial charge in [-0.3, -0.25) is 9.97 Å². The SMILES string of the molecule is Cc1cc(-c2nc3c(cc2Cl)N2CC[C@@H](C2)N3)ccn1.Cc1cncc(-c2ccc3c(n2)N[C@H]2CCN3C2)c1. The largest absolute Gasteiger partial charge is 0.366 e. The maximum atomic E-state index is 6.45. The summed E-state index contributed by atoms with van der Waals surface area (Å²) < 4.78 is 0. The number of anilines is 4. The van der Waals surface area contributed by atoms with Crippen LogP contribution >= 0.6 is 11.6 Å². The van der Waals surface area contributed by atoms with Crippen LogP contribution in [0, 0.1) is 13.8 Å². The number of hydrogen-bond donors (Lipinski definition) is 2. The molecular weight excluding hydrogens is 508 g/mol. The van der Waals surface area contributed by atoms with E-state index in [0.717, 1.165) is 83.7 Å². The van der Waals surface area contributed by atoms with Crippen LogP contribution in [0.1, 0.15) is 24.1 Å². The van der Waals surface area contributed by atoms with Gasteiger partial charge in [0.1, 0.15) is 0 Å². The van der Waals surface area contributed by atoms with Crippen LogP contribution in [0.5, 0.6) is 0 Å². The number of nitrogens with one attached hydrogen (secondary N) is 2. The first-order chi connectivity index (χ1) is 19.0. The second kappa shape index (κ2) is 9.68. The molecule has 198 valence electrons. The average Bonchev–Trinajstić information content (AvgIpc) is 3.52. The van der Waals surface area contributed by atoms with Gasteiger partial charge < -0.3 is 20.4 Å². The number of rotatable bonds is 2. The number of pyridine rings is 4. The first-order valence-electron chi connectivity index (χ1n) is 13.6. The van der Waals surface area contributed by atoms with Crippen LogP contribution in [0.2, 0.25) is 5.02 Å². The van der Waals surface area contributed by atoms with E-state index in [2.05, 4.69) is 55.5 Å². The predicted molar refractivity (Wildman–Crippen MR) is 158 cm³/mol. The smallest absolute Gasteiger partial charge is 0.150 e. The number of fused-ring (bicyclic) bond motifs is 8. The molecule has 0 unspecified atom stereocenters. The van der Waals surface area contributed by atoms with Crippen molar-refractivity contribution in [3.8, 4) is 22.5 Å². The number of aryl methyl sites for hydroxylation is 2. The zero-order chi connectivity index (χ0) is 26.5.